The summed E-state index contributed by atoms with van der Waals surface area (Å²) < 4.78 is 18.4. The van der Waals surface area contributed by atoms with Gasteiger partial charge in [0.1, 0.15) is 17.1 Å². The fourth-order valence-electron chi connectivity index (χ4n) is 3.29. The first-order valence-corrected chi connectivity index (χ1v) is 10.6. The number of carbonyl (C=O) groups excluding carboxylic acids is 4. The second kappa shape index (κ2) is 10.0. The van der Waals surface area contributed by atoms with Crippen LogP contribution in [-0.4, -0.2) is 30.4 Å². The van der Waals surface area contributed by atoms with Gasteiger partial charge in [0.25, 0.3) is 17.7 Å². The molecule has 4 rings (SSSR count). The van der Waals surface area contributed by atoms with Crippen LogP contribution in [0.3, 0.4) is 0 Å². The summed E-state index contributed by atoms with van der Waals surface area (Å²) in [6.45, 7) is 1.61. The number of benzene rings is 3. The average Bonchev–Trinajstić information content (AvgIpc) is 2.84. The molecule has 2 N–H and O–H groups in total. The first-order valence-electron chi connectivity index (χ1n) is 10.6. The molecule has 0 atom stereocenters. The Morgan fingerprint density at radius 2 is 1.63 bits per heavy atom. The third-order valence-corrected chi connectivity index (χ3v) is 5.08. The molecule has 3 aromatic carbocycles. The number of halogens is 1. The molecule has 0 aliphatic carbocycles. The third kappa shape index (κ3) is 5.59. The average molecular weight is 473 g/mol. The maximum absolute atomic E-state index is 12.9. The zero-order valence-electron chi connectivity index (χ0n) is 18.6. The molecule has 1 aliphatic heterocycles. The minimum atomic E-state index is -0.816. The van der Waals surface area contributed by atoms with E-state index in [0.29, 0.717) is 22.7 Å². The molecule has 0 aromatic heterocycles. The number of ether oxygens (including phenoxy) is 1. The van der Waals surface area contributed by atoms with E-state index in [1.165, 1.54) is 30.3 Å². The number of imide groups is 2. The second-order valence-corrected chi connectivity index (χ2v) is 7.71. The molecular formula is C26H20FN3O5. The predicted octanol–water partition coefficient (Wildman–Crippen LogP) is 3.82. The highest BCUT2D eigenvalue weighted by Gasteiger charge is 2.36. The maximum atomic E-state index is 12.9. The second-order valence-electron chi connectivity index (χ2n) is 7.71. The predicted molar refractivity (Wildman–Crippen MR) is 127 cm³/mol. The van der Waals surface area contributed by atoms with Crippen LogP contribution in [0.5, 0.6) is 5.75 Å². The molecule has 0 saturated carbocycles. The summed E-state index contributed by atoms with van der Waals surface area (Å²) in [4.78, 5) is 50.5. The molecular weight excluding hydrogens is 453 g/mol. The Kier molecular flexibility index (Phi) is 6.68. The van der Waals surface area contributed by atoms with Gasteiger partial charge in [0.15, 0.2) is 6.61 Å². The molecule has 9 heteroatoms. The van der Waals surface area contributed by atoms with Crippen LogP contribution in [-0.2, 0) is 14.4 Å². The number of amides is 5. The van der Waals surface area contributed by atoms with Crippen molar-refractivity contribution in [2.24, 2.45) is 0 Å². The first-order chi connectivity index (χ1) is 16.8. The Bertz CT molecular complexity index is 1320. The monoisotopic (exact) mass is 473 g/mol. The van der Waals surface area contributed by atoms with Crippen molar-refractivity contribution in [1.82, 2.24) is 5.32 Å². The zero-order chi connectivity index (χ0) is 24.9. The zero-order valence-corrected chi connectivity index (χ0v) is 18.6. The minimum absolute atomic E-state index is 0.197. The van der Waals surface area contributed by atoms with Gasteiger partial charge in [0.2, 0.25) is 0 Å². The molecule has 0 bridgehead atoms. The van der Waals surface area contributed by atoms with Crippen LogP contribution in [0.2, 0.25) is 0 Å². The number of rotatable bonds is 6. The number of anilines is 2. The van der Waals surface area contributed by atoms with E-state index in [0.717, 1.165) is 10.5 Å². The lowest BCUT2D eigenvalue weighted by Crippen LogP contribution is -2.54. The molecule has 1 fully saturated rings. The summed E-state index contributed by atoms with van der Waals surface area (Å²) in [7, 11) is 0. The number of nitrogens with one attached hydrogen (secondary N) is 2. The third-order valence-electron chi connectivity index (χ3n) is 5.08. The van der Waals surface area contributed by atoms with Gasteiger partial charge in [-0.15, -0.1) is 0 Å². The van der Waals surface area contributed by atoms with E-state index in [-0.39, 0.29) is 12.2 Å². The fourth-order valence-corrected chi connectivity index (χ4v) is 3.29. The molecule has 1 heterocycles. The smallest absolute Gasteiger partial charge is 0.335 e. The van der Waals surface area contributed by atoms with Crippen LogP contribution >= 0.6 is 0 Å². The topological polar surface area (TPSA) is 105 Å². The van der Waals surface area contributed by atoms with E-state index in [1.807, 2.05) is 6.92 Å². The van der Waals surface area contributed by atoms with E-state index < -0.39 is 29.6 Å². The Hall–Kier alpha value is -4.79. The molecule has 1 aliphatic rings. The van der Waals surface area contributed by atoms with Crippen molar-refractivity contribution in [1.29, 1.82) is 0 Å². The highest BCUT2D eigenvalue weighted by atomic mass is 19.1. The highest BCUT2D eigenvalue weighted by molar-refractivity contribution is 6.39. The van der Waals surface area contributed by atoms with Crippen LogP contribution in [0.25, 0.3) is 6.08 Å². The molecule has 0 unspecified atom stereocenters. The van der Waals surface area contributed by atoms with Crippen molar-refractivity contribution >= 4 is 41.2 Å². The Labute approximate surface area is 200 Å². The first kappa shape index (κ1) is 23.4. The Morgan fingerprint density at radius 3 is 2.29 bits per heavy atom. The number of aryl methyl sites for hydroxylation is 1. The van der Waals surface area contributed by atoms with E-state index >= 15 is 0 Å². The van der Waals surface area contributed by atoms with Crippen LogP contribution in [0, 0.1) is 12.7 Å². The van der Waals surface area contributed by atoms with Gasteiger partial charge in [-0.3, -0.25) is 19.7 Å². The molecule has 35 heavy (non-hydrogen) atoms. The lowest BCUT2D eigenvalue weighted by atomic mass is 10.1. The van der Waals surface area contributed by atoms with Crippen molar-refractivity contribution in [3.63, 3.8) is 0 Å². The van der Waals surface area contributed by atoms with Gasteiger partial charge in [0.05, 0.1) is 5.69 Å². The van der Waals surface area contributed by atoms with Gasteiger partial charge in [-0.05, 0) is 67.1 Å². The fraction of sp³-hybridized carbons (Fsp3) is 0.0769. The molecule has 176 valence electrons. The van der Waals surface area contributed by atoms with E-state index in [4.69, 9.17) is 4.74 Å². The summed E-state index contributed by atoms with van der Waals surface area (Å²) >= 11 is 0. The highest BCUT2D eigenvalue weighted by Crippen LogP contribution is 2.23. The minimum Gasteiger partial charge on any atom is -0.484 e. The van der Waals surface area contributed by atoms with Gasteiger partial charge >= 0.3 is 6.03 Å². The number of hydrogen-bond donors (Lipinski definition) is 2. The largest absolute Gasteiger partial charge is 0.484 e. The van der Waals surface area contributed by atoms with Crippen LogP contribution in [0.15, 0.2) is 78.4 Å². The molecule has 1 saturated heterocycles. The van der Waals surface area contributed by atoms with Crippen LogP contribution in [0.1, 0.15) is 11.1 Å². The van der Waals surface area contributed by atoms with Gasteiger partial charge in [-0.2, -0.15) is 0 Å². The summed E-state index contributed by atoms with van der Waals surface area (Å²) in [6, 6.07) is 17.6. The summed E-state index contributed by atoms with van der Waals surface area (Å²) in [5, 5.41) is 4.76. The molecule has 0 spiro atoms. The summed E-state index contributed by atoms with van der Waals surface area (Å²) in [5.74, 6) is -1.97. The van der Waals surface area contributed by atoms with Crippen molar-refractivity contribution in [2.45, 2.75) is 6.92 Å². The van der Waals surface area contributed by atoms with Gasteiger partial charge in [-0.1, -0.05) is 29.8 Å². The van der Waals surface area contributed by atoms with Gasteiger partial charge < -0.3 is 10.1 Å². The van der Waals surface area contributed by atoms with Crippen molar-refractivity contribution in [3.8, 4) is 5.75 Å². The molecule has 3 aromatic rings. The maximum Gasteiger partial charge on any atom is 0.335 e. The quantitative estimate of drug-likeness (QED) is 0.418. The molecule has 5 amide bonds. The number of hydrogen-bond acceptors (Lipinski definition) is 5. The van der Waals surface area contributed by atoms with Crippen molar-refractivity contribution in [3.05, 3.63) is 95.3 Å². The van der Waals surface area contributed by atoms with Crippen LogP contribution < -0.4 is 20.3 Å². The van der Waals surface area contributed by atoms with Crippen molar-refractivity contribution in [2.75, 3.05) is 16.8 Å². The normalized spacial score (nSPS) is 14.6. The number of urea groups is 1. The van der Waals surface area contributed by atoms with Gasteiger partial charge in [0, 0.05) is 5.69 Å². The lowest BCUT2D eigenvalue weighted by molar-refractivity contribution is -0.122. The summed E-state index contributed by atoms with van der Waals surface area (Å²) in [5.41, 5.74) is 2.07. The van der Waals surface area contributed by atoms with Crippen molar-refractivity contribution < 1.29 is 28.3 Å². The SMILES string of the molecule is Cc1ccc(N2C(=O)NC(=O)/C(=C\c3ccc(OCC(=O)Nc4ccc(F)cc4)cc3)C2=O)cc1. The Morgan fingerprint density at radius 1 is 0.971 bits per heavy atom. The van der Waals surface area contributed by atoms with E-state index in [2.05, 4.69) is 10.6 Å². The van der Waals surface area contributed by atoms with Crippen LogP contribution in [0.4, 0.5) is 20.6 Å². The van der Waals surface area contributed by atoms with E-state index in [1.54, 1.807) is 48.5 Å². The standard InChI is InChI=1S/C26H20FN3O5/c1-16-2-10-20(11-3-16)30-25(33)22(24(32)29-26(30)34)14-17-4-12-21(13-5-17)35-15-23(31)28-19-8-6-18(27)7-9-19/h2-14H,15H2,1H3,(H,28,31)(H,29,32,34)/b22-14+. The number of carbonyl (C=O) groups is 4. The molecule has 0 radical (unpaired) electrons. The summed E-state index contributed by atoms with van der Waals surface area (Å²) in [6.07, 6.45) is 1.37. The Balaban J connectivity index is 1.42. The lowest BCUT2D eigenvalue weighted by Gasteiger charge is -2.26. The number of barbiturate groups is 1. The number of nitrogens with zero attached hydrogens (tertiary/aromatic N) is 1. The molecule has 8 nitrogen and oxygen atoms in total. The van der Waals surface area contributed by atoms with Gasteiger partial charge in [-0.25, -0.2) is 14.1 Å². The van der Waals surface area contributed by atoms with E-state index in [9.17, 15) is 23.6 Å².